The maximum atomic E-state index is 10.6. The number of aldehydes is 1. The van der Waals surface area contributed by atoms with Crippen LogP contribution in [0.5, 0.6) is 5.75 Å². The first-order chi connectivity index (χ1) is 10.2. The lowest BCUT2D eigenvalue weighted by molar-refractivity contribution is 0.112. The van der Waals surface area contributed by atoms with E-state index < -0.39 is 0 Å². The number of hydrogen-bond acceptors (Lipinski definition) is 4. The fourth-order valence-corrected chi connectivity index (χ4v) is 1.88. The summed E-state index contributed by atoms with van der Waals surface area (Å²) < 4.78 is 5.61. The number of carbonyl (C=O) groups is 1. The van der Waals surface area contributed by atoms with Crippen LogP contribution in [0.15, 0.2) is 54.8 Å². The first-order valence-electron chi connectivity index (χ1n) is 6.51. The molecule has 0 saturated heterocycles. The van der Waals surface area contributed by atoms with E-state index in [1.54, 1.807) is 37.6 Å². The van der Waals surface area contributed by atoms with Gasteiger partial charge in [-0.2, -0.15) is 0 Å². The number of carbonyl (C=O) groups excluding carboxylic acids is 1. The van der Waals surface area contributed by atoms with Crippen molar-refractivity contribution in [1.82, 2.24) is 5.48 Å². The maximum absolute atomic E-state index is 10.6. The van der Waals surface area contributed by atoms with E-state index >= 15 is 0 Å². The molecule has 0 aromatic heterocycles. The average molecular weight is 283 g/mol. The molecule has 2 aromatic rings. The third-order valence-electron chi connectivity index (χ3n) is 2.98. The highest BCUT2D eigenvalue weighted by molar-refractivity contribution is 5.74. The Morgan fingerprint density at radius 2 is 1.81 bits per heavy atom. The number of ether oxygens (including phenoxy) is 1. The molecule has 0 spiro atoms. The minimum absolute atomic E-state index is 0.612. The van der Waals surface area contributed by atoms with Crippen molar-refractivity contribution in [2.45, 2.75) is 6.92 Å². The van der Waals surface area contributed by atoms with Gasteiger partial charge in [-0.05, 0) is 36.8 Å². The van der Waals surface area contributed by atoms with Crippen molar-refractivity contribution in [3.63, 3.8) is 0 Å². The highest BCUT2D eigenvalue weighted by Crippen LogP contribution is 2.18. The lowest BCUT2D eigenvalue weighted by Crippen LogP contribution is -2.12. The van der Waals surface area contributed by atoms with Crippen LogP contribution in [-0.4, -0.2) is 13.4 Å². The smallest absolute Gasteiger partial charge is 0.150 e. The van der Waals surface area contributed by atoms with Gasteiger partial charge < -0.3 is 4.74 Å². The largest absolute Gasteiger partial charge is 0.463 e. The van der Waals surface area contributed by atoms with E-state index in [0.717, 1.165) is 23.1 Å². The summed E-state index contributed by atoms with van der Waals surface area (Å²) in [7, 11) is 1.55. The average Bonchev–Trinajstić information content (AvgIpc) is 2.53. The van der Waals surface area contributed by atoms with Crippen LogP contribution in [0.25, 0.3) is 5.70 Å². The topological polar surface area (TPSA) is 47.6 Å². The van der Waals surface area contributed by atoms with E-state index in [2.05, 4.69) is 5.48 Å². The monoisotopic (exact) mass is 283 g/mol. The van der Waals surface area contributed by atoms with Crippen LogP contribution in [0.4, 0.5) is 0 Å². The molecule has 21 heavy (non-hydrogen) atoms. The molecular weight excluding hydrogens is 266 g/mol. The van der Waals surface area contributed by atoms with Crippen molar-refractivity contribution in [2.75, 3.05) is 7.11 Å². The molecular formula is C17H17NO3. The summed E-state index contributed by atoms with van der Waals surface area (Å²) in [6, 6.07) is 14.8. The Morgan fingerprint density at radius 3 is 2.43 bits per heavy atom. The molecule has 0 fully saturated rings. The Hall–Kier alpha value is -2.59. The van der Waals surface area contributed by atoms with Crippen LogP contribution >= 0.6 is 0 Å². The summed E-state index contributed by atoms with van der Waals surface area (Å²) in [6.07, 6.45) is 2.38. The van der Waals surface area contributed by atoms with E-state index in [-0.39, 0.29) is 0 Å². The quantitative estimate of drug-likeness (QED) is 0.502. The Labute approximate surface area is 124 Å². The van der Waals surface area contributed by atoms with Gasteiger partial charge in [0.15, 0.2) is 0 Å². The summed E-state index contributed by atoms with van der Waals surface area (Å²) in [5.41, 5.74) is 6.24. The number of hydroxylamine groups is 1. The van der Waals surface area contributed by atoms with Crippen molar-refractivity contribution in [3.8, 4) is 5.75 Å². The Morgan fingerprint density at radius 1 is 1.10 bits per heavy atom. The first-order valence-corrected chi connectivity index (χ1v) is 6.51. The van der Waals surface area contributed by atoms with Crippen LogP contribution in [0, 0.1) is 6.92 Å². The number of nitrogens with one attached hydrogen (secondary N) is 1. The van der Waals surface area contributed by atoms with Gasteiger partial charge in [-0.3, -0.25) is 15.1 Å². The lowest BCUT2D eigenvalue weighted by atomic mass is 10.1. The molecule has 2 aromatic carbocycles. The molecule has 0 atom stereocenters. The van der Waals surface area contributed by atoms with Gasteiger partial charge in [0, 0.05) is 11.1 Å². The highest BCUT2D eigenvalue weighted by Gasteiger charge is 2.05. The Balaban J connectivity index is 2.21. The normalized spacial score (nSPS) is 11.0. The SMILES string of the molecule is CONC(=COc1ccc(C=O)cc1)c1ccccc1C. The van der Waals surface area contributed by atoms with Gasteiger partial charge in [0.05, 0.1) is 7.11 Å². The third-order valence-corrected chi connectivity index (χ3v) is 2.98. The highest BCUT2D eigenvalue weighted by atomic mass is 16.6. The summed E-state index contributed by atoms with van der Waals surface area (Å²) in [6.45, 7) is 2.01. The second-order valence-corrected chi connectivity index (χ2v) is 4.46. The molecule has 0 aliphatic heterocycles. The van der Waals surface area contributed by atoms with E-state index in [4.69, 9.17) is 9.57 Å². The summed E-state index contributed by atoms with van der Waals surface area (Å²) in [5, 5.41) is 0. The molecule has 0 saturated carbocycles. The van der Waals surface area contributed by atoms with Gasteiger partial charge >= 0.3 is 0 Å². The minimum Gasteiger partial charge on any atom is -0.463 e. The maximum Gasteiger partial charge on any atom is 0.150 e. The molecule has 0 amide bonds. The Bertz CT molecular complexity index is 633. The van der Waals surface area contributed by atoms with E-state index in [9.17, 15) is 4.79 Å². The number of aryl methyl sites for hydroxylation is 1. The van der Waals surface area contributed by atoms with Crippen LogP contribution in [0.2, 0.25) is 0 Å². The standard InChI is InChI=1S/C17H17NO3/c1-13-5-3-4-6-16(13)17(18-20-2)12-21-15-9-7-14(11-19)8-10-15/h3-12,18H,1-2H3. The van der Waals surface area contributed by atoms with Crippen LogP contribution in [-0.2, 0) is 4.84 Å². The van der Waals surface area contributed by atoms with Gasteiger partial charge in [-0.25, -0.2) is 0 Å². The Kier molecular flexibility index (Phi) is 5.12. The van der Waals surface area contributed by atoms with Gasteiger partial charge in [-0.1, -0.05) is 24.3 Å². The summed E-state index contributed by atoms with van der Waals surface area (Å²) in [5.74, 6) is 0.643. The van der Waals surface area contributed by atoms with Crippen molar-refractivity contribution in [1.29, 1.82) is 0 Å². The molecule has 4 nitrogen and oxygen atoms in total. The van der Waals surface area contributed by atoms with Crippen molar-refractivity contribution < 1.29 is 14.4 Å². The number of hydrogen-bond donors (Lipinski definition) is 1. The molecule has 4 heteroatoms. The molecule has 0 bridgehead atoms. The molecule has 0 heterocycles. The molecule has 1 N–H and O–H groups in total. The second kappa shape index (κ2) is 7.26. The van der Waals surface area contributed by atoms with Crippen molar-refractivity contribution in [3.05, 3.63) is 71.5 Å². The fraction of sp³-hybridized carbons (Fsp3) is 0.118. The van der Waals surface area contributed by atoms with Crippen LogP contribution < -0.4 is 10.2 Å². The van der Waals surface area contributed by atoms with Crippen LogP contribution in [0.1, 0.15) is 21.5 Å². The predicted octanol–water partition coefficient (Wildman–Crippen LogP) is 3.34. The van der Waals surface area contributed by atoms with Gasteiger partial charge in [-0.15, -0.1) is 0 Å². The number of rotatable bonds is 6. The zero-order valence-corrected chi connectivity index (χ0v) is 12.0. The first kappa shape index (κ1) is 14.8. The van der Waals surface area contributed by atoms with Crippen molar-refractivity contribution >= 4 is 12.0 Å². The third kappa shape index (κ3) is 3.94. The second-order valence-electron chi connectivity index (χ2n) is 4.46. The lowest BCUT2D eigenvalue weighted by Gasteiger charge is -2.11. The number of benzene rings is 2. The van der Waals surface area contributed by atoms with Gasteiger partial charge in [0.2, 0.25) is 0 Å². The summed E-state index contributed by atoms with van der Waals surface area (Å²) >= 11 is 0. The molecule has 0 radical (unpaired) electrons. The molecule has 0 unspecified atom stereocenters. The molecule has 0 aliphatic rings. The minimum atomic E-state index is 0.612. The van der Waals surface area contributed by atoms with Gasteiger partial charge in [0.1, 0.15) is 24.0 Å². The van der Waals surface area contributed by atoms with E-state index in [1.807, 2.05) is 31.2 Å². The van der Waals surface area contributed by atoms with Crippen LogP contribution in [0.3, 0.4) is 0 Å². The fourth-order valence-electron chi connectivity index (χ4n) is 1.88. The zero-order valence-electron chi connectivity index (χ0n) is 12.0. The predicted molar refractivity (Wildman–Crippen MR) is 81.8 cm³/mol. The molecule has 108 valence electrons. The van der Waals surface area contributed by atoms with E-state index in [0.29, 0.717) is 11.3 Å². The molecule has 0 aliphatic carbocycles. The molecule has 2 rings (SSSR count). The summed E-state index contributed by atoms with van der Waals surface area (Å²) in [4.78, 5) is 15.6. The van der Waals surface area contributed by atoms with Crippen molar-refractivity contribution in [2.24, 2.45) is 0 Å². The van der Waals surface area contributed by atoms with Gasteiger partial charge in [0.25, 0.3) is 0 Å². The zero-order chi connectivity index (χ0) is 15.1. The van der Waals surface area contributed by atoms with E-state index in [1.165, 1.54) is 0 Å².